The third-order valence-electron chi connectivity index (χ3n) is 7.13. The van der Waals surface area contributed by atoms with Crippen LogP contribution in [0.4, 0.5) is 9.80 Å². The molecule has 4 N–H and O–H groups in total. The number of thiophene rings is 1. The molecule has 2 aliphatic heterocycles. The van der Waals surface area contributed by atoms with Crippen molar-refractivity contribution < 1.29 is 22.8 Å². The SMILES string of the molecule is CCCN1CCc2c(sc(NC(=O)c3ccc(S(=O)(=O)N4CCCCC4CC)cc3)c2C(=O)NC(N)=O)C1. The largest absolute Gasteiger partial charge is 0.351 e. The molecule has 3 heterocycles. The summed E-state index contributed by atoms with van der Waals surface area (Å²) in [7, 11) is -3.66. The van der Waals surface area contributed by atoms with Crippen molar-refractivity contribution in [1.82, 2.24) is 14.5 Å². The number of nitrogens with two attached hydrogens (primary N) is 1. The molecule has 4 rings (SSSR count). The highest BCUT2D eigenvalue weighted by Gasteiger charge is 2.33. The van der Waals surface area contributed by atoms with Gasteiger partial charge in [-0.05, 0) is 68.5 Å². The number of nitrogens with zero attached hydrogens (tertiary/aromatic N) is 2. The van der Waals surface area contributed by atoms with Gasteiger partial charge < -0.3 is 11.1 Å². The zero-order valence-electron chi connectivity index (χ0n) is 21.8. The topological polar surface area (TPSA) is 142 Å². The number of benzene rings is 1. The van der Waals surface area contributed by atoms with E-state index in [9.17, 15) is 22.8 Å². The maximum absolute atomic E-state index is 13.3. The number of carbonyl (C=O) groups is 3. The van der Waals surface area contributed by atoms with Gasteiger partial charge in [0, 0.05) is 36.1 Å². The molecule has 0 spiro atoms. The number of imide groups is 1. The quantitative estimate of drug-likeness (QED) is 0.450. The van der Waals surface area contributed by atoms with Crippen molar-refractivity contribution in [1.29, 1.82) is 0 Å². The summed E-state index contributed by atoms with van der Waals surface area (Å²) < 4.78 is 28.1. The summed E-state index contributed by atoms with van der Waals surface area (Å²) in [5.74, 6) is -1.13. The maximum Gasteiger partial charge on any atom is 0.319 e. The molecule has 206 valence electrons. The highest BCUT2D eigenvalue weighted by Crippen LogP contribution is 2.37. The van der Waals surface area contributed by atoms with E-state index in [1.54, 1.807) is 4.31 Å². The summed E-state index contributed by atoms with van der Waals surface area (Å²) >= 11 is 1.31. The summed E-state index contributed by atoms with van der Waals surface area (Å²) in [6.45, 7) is 6.95. The number of sulfonamides is 1. The van der Waals surface area contributed by atoms with Crippen molar-refractivity contribution in [2.45, 2.75) is 69.9 Å². The molecular formula is C26H35N5O5S2. The van der Waals surface area contributed by atoms with Crippen LogP contribution >= 0.6 is 11.3 Å². The van der Waals surface area contributed by atoms with Crippen molar-refractivity contribution in [3.8, 4) is 0 Å². The van der Waals surface area contributed by atoms with Crippen LogP contribution < -0.4 is 16.4 Å². The number of hydrogen-bond donors (Lipinski definition) is 3. The van der Waals surface area contributed by atoms with Gasteiger partial charge in [0.1, 0.15) is 5.00 Å². The first-order chi connectivity index (χ1) is 18.1. The zero-order valence-corrected chi connectivity index (χ0v) is 23.4. The van der Waals surface area contributed by atoms with Gasteiger partial charge in [0.25, 0.3) is 11.8 Å². The molecule has 1 fully saturated rings. The predicted octanol–water partition coefficient (Wildman–Crippen LogP) is 3.53. The van der Waals surface area contributed by atoms with Gasteiger partial charge in [-0.1, -0.05) is 20.3 Å². The summed E-state index contributed by atoms with van der Waals surface area (Å²) in [6, 6.07) is 4.88. The first-order valence-electron chi connectivity index (χ1n) is 13.1. The van der Waals surface area contributed by atoms with Gasteiger partial charge in [-0.3, -0.25) is 19.8 Å². The van der Waals surface area contributed by atoms with Crippen molar-refractivity contribution in [3.05, 3.63) is 45.8 Å². The van der Waals surface area contributed by atoms with E-state index in [0.29, 0.717) is 24.5 Å². The zero-order chi connectivity index (χ0) is 27.4. The number of carbonyl (C=O) groups excluding carboxylic acids is 3. The lowest BCUT2D eigenvalue weighted by Gasteiger charge is -2.34. The number of fused-ring (bicyclic) bond motifs is 1. The van der Waals surface area contributed by atoms with E-state index in [-0.39, 0.29) is 22.1 Å². The van der Waals surface area contributed by atoms with Crippen LogP contribution in [0.2, 0.25) is 0 Å². The average molecular weight is 562 g/mol. The van der Waals surface area contributed by atoms with E-state index in [2.05, 4.69) is 22.5 Å². The van der Waals surface area contributed by atoms with Crippen molar-refractivity contribution in [3.63, 3.8) is 0 Å². The Morgan fingerprint density at radius 2 is 1.82 bits per heavy atom. The fourth-order valence-electron chi connectivity index (χ4n) is 5.25. The Kier molecular flexibility index (Phi) is 8.86. The van der Waals surface area contributed by atoms with Gasteiger partial charge >= 0.3 is 6.03 Å². The number of piperidine rings is 1. The van der Waals surface area contributed by atoms with Crippen LogP contribution in [0.15, 0.2) is 29.2 Å². The number of primary amides is 1. The summed E-state index contributed by atoms with van der Waals surface area (Å²) in [5.41, 5.74) is 6.51. The maximum atomic E-state index is 13.3. The van der Waals surface area contributed by atoms with E-state index in [0.717, 1.165) is 55.6 Å². The fourth-order valence-corrected chi connectivity index (χ4v) is 8.30. The molecular weight excluding hydrogens is 526 g/mol. The molecule has 12 heteroatoms. The molecule has 0 bridgehead atoms. The molecule has 38 heavy (non-hydrogen) atoms. The Morgan fingerprint density at radius 3 is 2.47 bits per heavy atom. The number of amides is 4. The predicted molar refractivity (Wildman–Crippen MR) is 147 cm³/mol. The molecule has 1 unspecified atom stereocenters. The van der Waals surface area contributed by atoms with Crippen LogP contribution in [0.25, 0.3) is 0 Å². The van der Waals surface area contributed by atoms with Crippen LogP contribution in [-0.4, -0.2) is 61.1 Å². The first kappa shape index (κ1) is 28.2. The highest BCUT2D eigenvalue weighted by molar-refractivity contribution is 7.89. The Hall–Kier alpha value is -2.80. The first-order valence-corrected chi connectivity index (χ1v) is 15.3. The Balaban J connectivity index is 1.57. The summed E-state index contributed by atoms with van der Waals surface area (Å²) in [6.07, 6.45) is 5.08. The number of rotatable bonds is 8. The lowest BCUT2D eigenvalue weighted by molar-refractivity contribution is 0.0965. The van der Waals surface area contributed by atoms with Gasteiger partial charge in [-0.2, -0.15) is 4.31 Å². The van der Waals surface area contributed by atoms with Crippen LogP contribution in [0.1, 0.15) is 77.1 Å². The Morgan fingerprint density at radius 1 is 1.08 bits per heavy atom. The lowest BCUT2D eigenvalue weighted by Crippen LogP contribution is -2.43. The minimum absolute atomic E-state index is 0.0141. The monoisotopic (exact) mass is 561 g/mol. The molecule has 1 aromatic carbocycles. The minimum Gasteiger partial charge on any atom is -0.351 e. The number of urea groups is 1. The van der Waals surface area contributed by atoms with Gasteiger partial charge in [0.2, 0.25) is 10.0 Å². The number of nitrogens with one attached hydrogen (secondary N) is 2. The van der Waals surface area contributed by atoms with Crippen molar-refractivity contribution >= 4 is 44.2 Å². The van der Waals surface area contributed by atoms with E-state index in [4.69, 9.17) is 5.73 Å². The molecule has 1 atom stereocenters. The lowest BCUT2D eigenvalue weighted by atomic mass is 10.0. The average Bonchev–Trinajstić information content (AvgIpc) is 3.25. The van der Waals surface area contributed by atoms with Crippen molar-refractivity contribution in [2.75, 3.05) is 25.0 Å². The second-order valence-electron chi connectivity index (χ2n) is 9.70. The Labute approximate surface area is 227 Å². The molecule has 1 aromatic heterocycles. The van der Waals surface area contributed by atoms with Crippen LogP contribution in [0.3, 0.4) is 0 Å². The molecule has 10 nitrogen and oxygen atoms in total. The molecule has 0 radical (unpaired) electrons. The van der Waals surface area contributed by atoms with E-state index >= 15 is 0 Å². The van der Waals surface area contributed by atoms with Gasteiger partial charge in [0.15, 0.2) is 0 Å². The third-order valence-corrected chi connectivity index (χ3v) is 10.2. The molecule has 2 aliphatic rings. The number of anilines is 1. The normalized spacial score (nSPS) is 18.5. The van der Waals surface area contributed by atoms with Crippen LogP contribution in [-0.2, 0) is 23.0 Å². The summed E-state index contributed by atoms with van der Waals surface area (Å²) in [4.78, 5) is 40.8. The molecule has 1 saturated heterocycles. The summed E-state index contributed by atoms with van der Waals surface area (Å²) in [5, 5.41) is 5.27. The van der Waals surface area contributed by atoms with Crippen LogP contribution in [0.5, 0.6) is 0 Å². The van der Waals surface area contributed by atoms with Gasteiger partial charge in [-0.25, -0.2) is 13.2 Å². The van der Waals surface area contributed by atoms with Crippen molar-refractivity contribution in [2.24, 2.45) is 5.73 Å². The molecule has 2 aromatic rings. The molecule has 0 aliphatic carbocycles. The van der Waals surface area contributed by atoms with Gasteiger partial charge in [0.05, 0.1) is 10.5 Å². The second kappa shape index (κ2) is 11.9. The Bertz CT molecular complexity index is 1310. The molecule has 0 saturated carbocycles. The highest BCUT2D eigenvalue weighted by atomic mass is 32.2. The third kappa shape index (κ3) is 5.93. The minimum atomic E-state index is -3.66. The van der Waals surface area contributed by atoms with Gasteiger partial charge in [-0.15, -0.1) is 11.3 Å². The number of hydrogen-bond acceptors (Lipinski definition) is 7. The van der Waals surface area contributed by atoms with Crippen LogP contribution in [0, 0.1) is 0 Å². The van der Waals surface area contributed by atoms with E-state index in [1.807, 2.05) is 6.92 Å². The second-order valence-corrected chi connectivity index (χ2v) is 12.7. The molecule has 4 amide bonds. The smallest absolute Gasteiger partial charge is 0.319 e. The fraction of sp³-hybridized carbons (Fsp3) is 0.500. The standard InChI is InChI=1S/C26H35N5O5S2/c1-3-13-30-15-12-20-21(16-30)37-25(22(20)24(33)29-26(27)34)28-23(32)17-8-10-19(11-9-17)38(35,36)31-14-6-5-7-18(31)4-2/h8-11,18H,3-7,12-16H2,1-2H3,(H,28,32)(H3,27,29,33,34). The van der Waals surface area contributed by atoms with E-state index in [1.165, 1.54) is 35.6 Å². The van der Waals surface area contributed by atoms with E-state index < -0.39 is 27.9 Å².